The number of aliphatic hydroxyl groups excluding tert-OH is 7. The van der Waals surface area contributed by atoms with Gasteiger partial charge in [-0.25, -0.2) is 4.79 Å². The minimum atomic E-state index is -2.29. The number of carbonyl (C=O) groups is 1. The molecule has 0 unspecified atom stereocenters. The predicted molar refractivity (Wildman–Crippen MR) is 172 cm³/mol. The van der Waals surface area contributed by atoms with Gasteiger partial charge in [-0.05, 0) is 32.1 Å². The van der Waals surface area contributed by atoms with Crippen LogP contribution in [0.2, 0.25) is 0 Å². The Bertz CT molecular complexity index is 845. The van der Waals surface area contributed by atoms with Gasteiger partial charge in [0.25, 0.3) is 0 Å². The molecule has 13 nitrogen and oxygen atoms in total. The van der Waals surface area contributed by atoms with Crippen LogP contribution in [-0.4, -0.2) is 116 Å². The van der Waals surface area contributed by atoms with E-state index in [-0.39, 0.29) is 6.42 Å². The predicted octanol–water partition coefficient (Wildman–Crippen LogP) is 2.68. The van der Waals surface area contributed by atoms with E-state index in [1.54, 1.807) is 0 Å². The van der Waals surface area contributed by atoms with Crippen molar-refractivity contribution >= 4 is 5.97 Å². The van der Waals surface area contributed by atoms with Gasteiger partial charge in [0.05, 0.1) is 6.61 Å². The fourth-order valence-electron chi connectivity index (χ4n) is 5.87. The number of unbranched alkanes of at least 4 members (excludes halogenated alkanes) is 15. The van der Waals surface area contributed by atoms with Crippen molar-refractivity contribution in [3.8, 4) is 0 Å². The molecular weight excluding hydrogens is 616 g/mol. The summed E-state index contributed by atoms with van der Waals surface area (Å²) >= 11 is 0. The molecule has 0 radical (unpaired) electrons. The molecule has 2 saturated heterocycles. The van der Waals surface area contributed by atoms with Gasteiger partial charge >= 0.3 is 5.97 Å². The molecule has 0 saturated carbocycles. The summed E-state index contributed by atoms with van der Waals surface area (Å²) in [5, 5.41) is 70.5. The van der Waals surface area contributed by atoms with E-state index in [1.807, 2.05) is 0 Å². The SMILES string of the molecule is CCCCCCCC/C=C\CCCCCCCCCCCC(=O)OOC[C@H]1O[C@H](O[C@]2(CO)O[C@H](CO)[C@@H](O)[C@@H]2O)[C@H](O)[C@@H](O)[C@@H]1O. The quantitative estimate of drug-likeness (QED) is 0.0305. The Morgan fingerprint density at radius 3 is 1.79 bits per heavy atom. The minimum Gasteiger partial charge on any atom is -0.394 e. The molecule has 9 atom stereocenters. The molecule has 0 amide bonds. The number of carbonyl (C=O) groups excluding carboxylic acids is 1. The molecule has 2 aliphatic heterocycles. The van der Waals surface area contributed by atoms with Crippen molar-refractivity contribution in [1.29, 1.82) is 0 Å². The molecule has 0 aromatic heterocycles. The smallest absolute Gasteiger partial charge is 0.342 e. The Labute approximate surface area is 279 Å². The van der Waals surface area contributed by atoms with Crippen molar-refractivity contribution in [2.24, 2.45) is 0 Å². The lowest BCUT2D eigenvalue weighted by atomic mass is 9.99. The van der Waals surface area contributed by atoms with Crippen LogP contribution in [0.4, 0.5) is 0 Å². The highest BCUT2D eigenvalue weighted by Crippen LogP contribution is 2.36. The molecule has 2 aliphatic rings. The highest BCUT2D eigenvalue weighted by molar-refractivity contribution is 5.68. The van der Waals surface area contributed by atoms with Crippen molar-refractivity contribution in [3.63, 3.8) is 0 Å². The van der Waals surface area contributed by atoms with E-state index in [9.17, 15) is 40.5 Å². The van der Waals surface area contributed by atoms with Crippen LogP contribution in [0, 0.1) is 0 Å². The topological polar surface area (TPSA) is 205 Å². The zero-order chi connectivity index (χ0) is 34.5. The molecule has 2 heterocycles. The standard InChI is InChI=1S/C34H62O13/c1-2-3-4-5-6-7-8-9-10-11-12-13-14-15-16-17-18-19-20-21-27(37)47-43-23-26-28(38)30(40)31(41)33(44-26)46-34(24-36)32(42)29(39)25(22-35)45-34/h9-10,25-26,28-33,35-36,38-42H,2-8,11-24H2,1H3/b10-9-/t25-,26-,28-,29-,30+,31-,32+,33-,34+/m1/s1. The average molecular weight is 679 g/mol. The number of ether oxygens (including phenoxy) is 3. The second kappa shape index (κ2) is 24.0. The van der Waals surface area contributed by atoms with Crippen molar-refractivity contribution < 1.29 is 64.5 Å². The molecule has 0 spiro atoms. The van der Waals surface area contributed by atoms with Crippen molar-refractivity contribution in [1.82, 2.24) is 0 Å². The normalized spacial score (nSPS) is 31.1. The highest BCUT2D eigenvalue weighted by atomic mass is 17.2. The van der Waals surface area contributed by atoms with Gasteiger partial charge < -0.3 is 50.0 Å². The van der Waals surface area contributed by atoms with E-state index in [4.69, 9.17) is 24.0 Å². The van der Waals surface area contributed by atoms with Crippen LogP contribution in [0.1, 0.15) is 122 Å². The number of rotatable bonds is 26. The minimum absolute atomic E-state index is 0.149. The average Bonchev–Trinajstić information content (AvgIpc) is 3.31. The summed E-state index contributed by atoms with van der Waals surface area (Å²) in [5.74, 6) is -2.89. The fourth-order valence-corrected chi connectivity index (χ4v) is 5.87. The summed E-state index contributed by atoms with van der Waals surface area (Å²) < 4.78 is 16.2. The van der Waals surface area contributed by atoms with E-state index in [0.29, 0.717) is 6.42 Å². The van der Waals surface area contributed by atoms with E-state index in [1.165, 1.54) is 83.5 Å². The first-order chi connectivity index (χ1) is 22.7. The van der Waals surface area contributed by atoms with Crippen molar-refractivity contribution in [3.05, 3.63) is 12.2 Å². The molecule has 7 N–H and O–H groups in total. The Balaban J connectivity index is 1.51. The monoisotopic (exact) mass is 678 g/mol. The van der Waals surface area contributed by atoms with Crippen LogP contribution in [0.5, 0.6) is 0 Å². The van der Waals surface area contributed by atoms with E-state index in [2.05, 4.69) is 19.1 Å². The maximum absolute atomic E-state index is 12.1. The number of hydrogen-bond donors (Lipinski definition) is 7. The molecule has 276 valence electrons. The number of allylic oxidation sites excluding steroid dienone is 2. The van der Waals surface area contributed by atoms with Gasteiger partial charge in [-0.2, -0.15) is 4.89 Å². The molecular formula is C34H62O13. The lowest BCUT2D eigenvalue weighted by Gasteiger charge is -2.43. The Kier molecular flexibility index (Phi) is 21.4. The lowest BCUT2D eigenvalue weighted by molar-refractivity contribution is -0.391. The van der Waals surface area contributed by atoms with Gasteiger partial charge in [-0.1, -0.05) is 96.1 Å². The fraction of sp³-hybridized carbons (Fsp3) is 0.912. The van der Waals surface area contributed by atoms with E-state index < -0.39 is 80.6 Å². The molecule has 0 aliphatic carbocycles. The Morgan fingerprint density at radius 1 is 0.702 bits per heavy atom. The largest absolute Gasteiger partial charge is 0.394 e. The van der Waals surface area contributed by atoms with Gasteiger partial charge in [0.15, 0.2) is 6.29 Å². The van der Waals surface area contributed by atoms with Gasteiger partial charge in [0.2, 0.25) is 5.79 Å². The Morgan fingerprint density at radius 2 is 1.26 bits per heavy atom. The highest BCUT2D eigenvalue weighted by Gasteiger charge is 2.58. The van der Waals surface area contributed by atoms with Crippen LogP contribution >= 0.6 is 0 Å². The van der Waals surface area contributed by atoms with Crippen LogP contribution in [0.3, 0.4) is 0 Å². The van der Waals surface area contributed by atoms with Gasteiger partial charge in [0.1, 0.15) is 55.9 Å². The van der Waals surface area contributed by atoms with Gasteiger partial charge in [0, 0.05) is 6.42 Å². The van der Waals surface area contributed by atoms with Gasteiger partial charge in [-0.3, -0.25) is 4.89 Å². The lowest BCUT2D eigenvalue weighted by Crippen LogP contribution is -2.62. The summed E-state index contributed by atoms with van der Waals surface area (Å²) in [4.78, 5) is 21.8. The molecule has 2 fully saturated rings. The van der Waals surface area contributed by atoms with Crippen LogP contribution in [0.25, 0.3) is 0 Å². The summed E-state index contributed by atoms with van der Waals surface area (Å²) in [6, 6.07) is 0. The number of aliphatic hydroxyl groups is 7. The first-order valence-corrected chi connectivity index (χ1v) is 17.8. The summed E-state index contributed by atoms with van der Waals surface area (Å²) in [6.07, 6.45) is 12.0. The van der Waals surface area contributed by atoms with E-state index in [0.717, 1.165) is 19.3 Å². The summed E-state index contributed by atoms with van der Waals surface area (Å²) in [6.45, 7) is 0.0310. The van der Waals surface area contributed by atoms with Crippen molar-refractivity contribution in [2.75, 3.05) is 19.8 Å². The third-order valence-corrected chi connectivity index (χ3v) is 8.92. The number of hydrogen-bond acceptors (Lipinski definition) is 13. The summed E-state index contributed by atoms with van der Waals surface area (Å²) in [5.41, 5.74) is 0. The first-order valence-electron chi connectivity index (χ1n) is 17.8. The zero-order valence-electron chi connectivity index (χ0n) is 28.2. The van der Waals surface area contributed by atoms with E-state index >= 15 is 0 Å². The molecule has 0 bridgehead atoms. The zero-order valence-corrected chi connectivity index (χ0v) is 28.2. The van der Waals surface area contributed by atoms with Crippen LogP contribution in [-0.2, 0) is 28.8 Å². The Hall–Kier alpha value is -1.23. The maximum Gasteiger partial charge on any atom is 0.342 e. The molecule has 0 aromatic rings. The summed E-state index contributed by atoms with van der Waals surface area (Å²) in [7, 11) is 0. The van der Waals surface area contributed by atoms with Gasteiger partial charge in [-0.15, -0.1) is 0 Å². The van der Waals surface area contributed by atoms with Crippen LogP contribution < -0.4 is 0 Å². The second-order valence-corrected chi connectivity index (χ2v) is 12.9. The van der Waals surface area contributed by atoms with Crippen molar-refractivity contribution in [2.45, 2.75) is 177 Å². The molecule has 47 heavy (non-hydrogen) atoms. The van der Waals surface area contributed by atoms with Crippen LogP contribution in [0.15, 0.2) is 12.2 Å². The first kappa shape index (κ1) is 41.9. The molecule has 0 aromatic carbocycles. The molecule has 2 rings (SSSR count). The third kappa shape index (κ3) is 14.6. The third-order valence-electron chi connectivity index (χ3n) is 8.92. The molecule has 13 heteroatoms. The maximum atomic E-state index is 12.1. The second-order valence-electron chi connectivity index (χ2n) is 12.9.